The number of rotatable bonds is 5. The number of benzene rings is 1. The van der Waals surface area contributed by atoms with Crippen LogP contribution in [0.15, 0.2) is 66.8 Å². The topological polar surface area (TPSA) is 0 Å². The Labute approximate surface area is 99.0 Å². The van der Waals surface area contributed by atoms with E-state index < -0.39 is 0 Å². The van der Waals surface area contributed by atoms with Crippen LogP contribution in [0.1, 0.15) is 19.4 Å². The van der Waals surface area contributed by atoms with Crippen LogP contribution >= 0.6 is 0 Å². The third-order valence-electron chi connectivity index (χ3n) is 2.62. The molecule has 0 nitrogen and oxygen atoms in total. The first kappa shape index (κ1) is 12.5. The van der Waals surface area contributed by atoms with E-state index in [2.05, 4.69) is 62.1 Å². The monoisotopic (exact) mass is 212 g/mol. The Balaban J connectivity index is 2.73. The van der Waals surface area contributed by atoms with Crippen molar-refractivity contribution in [3.05, 3.63) is 72.4 Å². The summed E-state index contributed by atoms with van der Waals surface area (Å²) in [7, 11) is 0. The van der Waals surface area contributed by atoms with Crippen molar-refractivity contribution in [1.82, 2.24) is 0 Å². The summed E-state index contributed by atoms with van der Waals surface area (Å²) in [5.74, 6) is 0.525. The molecule has 0 fully saturated rings. The van der Waals surface area contributed by atoms with Crippen LogP contribution in [0.4, 0.5) is 0 Å². The van der Waals surface area contributed by atoms with E-state index in [0.717, 1.165) is 6.42 Å². The zero-order chi connectivity index (χ0) is 11.8. The molecule has 0 bridgehead atoms. The Bertz CT molecular complexity index is 368. The lowest BCUT2D eigenvalue weighted by atomic mass is 9.93. The van der Waals surface area contributed by atoms with Gasteiger partial charge in [0, 0.05) is 0 Å². The molecule has 0 heteroatoms. The molecule has 1 unspecified atom stereocenters. The number of hydrogen-bond donors (Lipinski definition) is 0. The molecule has 0 amide bonds. The van der Waals surface area contributed by atoms with Crippen LogP contribution in [0.2, 0.25) is 0 Å². The van der Waals surface area contributed by atoms with Crippen molar-refractivity contribution in [1.29, 1.82) is 0 Å². The molecular formula is C16H20. The summed E-state index contributed by atoms with van der Waals surface area (Å²) in [5, 5.41) is 0. The zero-order valence-corrected chi connectivity index (χ0v) is 10.2. The highest BCUT2D eigenvalue weighted by atomic mass is 14.1. The van der Waals surface area contributed by atoms with Gasteiger partial charge in [-0.3, -0.25) is 0 Å². The lowest BCUT2D eigenvalue weighted by molar-refractivity contribution is 0.693. The molecule has 0 aromatic heterocycles. The van der Waals surface area contributed by atoms with Gasteiger partial charge in [0.25, 0.3) is 0 Å². The summed E-state index contributed by atoms with van der Waals surface area (Å²) in [6, 6.07) is 10.6. The van der Waals surface area contributed by atoms with Gasteiger partial charge in [-0.15, -0.1) is 0 Å². The number of allylic oxidation sites excluding steroid dienone is 5. The van der Waals surface area contributed by atoms with Crippen molar-refractivity contribution in [2.75, 3.05) is 0 Å². The predicted molar refractivity (Wildman–Crippen MR) is 72.4 cm³/mol. The van der Waals surface area contributed by atoms with E-state index in [-0.39, 0.29) is 0 Å². The van der Waals surface area contributed by atoms with Gasteiger partial charge in [0.15, 0.2) is 0 Å². The first-order valence-electron chi connectivity index (χ1n) is 5.77. The lowest BCUT2D eigenvalue weighted by Crippen LogP contribution is -2.01. The lowest BCUT2D eigenvalue weighted by Gasteiger charge is -2.12. The molecule has 16 heavy (non-hydrogen) atoms. The van der Waals surface area contributed by atoms with Gasteiger partial charge >= 0.3 is 0 Å². The van der Waals surface area contributed by atoms with Crippen LogP contribution < -0.4 is 0 Å². The Kier molecular flexibility index (Phi) is 5.35. The van der Waals surface area contributed by atoms with Crippen LogP contribution in [0.5, 0.6) is 0 Å². The second kappa shape index (κ2) is 6.84. The molecule has 1 aromatic rings. The van der Waals surface area contributed by atoms with Crippen LogP contribution in [-0.2, 0) is 6.42 Å². The fourth-order valence-corrected chi connectivity index (χ4v) is 1.80. The molecule has 0 N–H and O–H groups in total. The average Bonchev–Trinajstić information content (AvgIpc) is 2.30. The molecule has 0 radical (unpaired) electrons. The van der Waals surface area contributed by atoms with E-state index in [9.17, 15) is 0 Å². The smallest absolute Gasteiger partial charge is 0.0150 e. The highest BCUT2D eigenvalue weighted by molar-refractivity contribution is 5.27. The fraction of sp³-hybridized carbons (Fsp3) is 0.250. The Morgan fingerprint density at radius 2 is 2.00 bits per heavy atom. The Morgan fingerprint density at radius 3 is 2.56 bits per heavy atom. The van der Waals surface area contributed by atoms with E-state index in [1.807, 2.05) is 13.0 Å². The molecule has 0 aliphatic heterocycles. The minimum atomic E-state index is 0.525. The molecule has 0 heterocycles. The second-order valence-electron chi connectivity index (χ2n) is 3.99. The average molecular weight is 212 g/mol. The molecule has 0 aliphatic rings. The Morgan fingerprint density at radius 1 is 1.31 bits per heavy atom. The highest BCUT2D eigenvalue weighted by Gasteiger charge is 2.06. The summed E-state index contributed by atoms with van der Waals surface area (Å²) in [6.07, 6.45) is 9.27. The molecule has 0 spiro atoms. The van der Waals surface area contributed by atoms with Gasteiger partial charge in [-0.1, -0.05) is 68.1 Å². The maximum absolute atomic E-state index is 3.76. The number of hydrogen-bond acceptors (Lipinski definition) is 0. The van der Waals surface area contributed by atoms with E-state index in [0.29, 0.717) is 5.92 Å². The van der Waals surface area contributed by atoms with Crippen LogP contribution in [0.3, 0.4) is 0 Å². The summed E-state index contributed by atoms with van der Waals surface area (Å²) < 4.78 is 0. The SMILES string of the molecule is C=C/C=C(\C=C/C)C(C)Cc1ccccc1. The first-order valence-corrected chi connectivity index (χ1v) is 5.77. The maximum Gasteiger partial charge on any atom is -0.0150 e. The first-order chi connectivity index (χ1) is 7.77. The van der Waals surface area contributed by atoms with Gasteiger partial charge < -0.3 is 0 Å². The van der Waals surface area contributed by atoms with Crippen molar-refractivity contribution >= 4 is 0 Å². The summed E-state index contributed by atoms with van der Waals surface area (Å²) in [6.45, 7) is 8.06. The van der Waals surface area contributed by atoms with E-state index in [4.69, 9.17) is 0 Å². The second-order valence-corrected chi connectivity index (χ2v) is 3.99. The van der Waals surface area contributed by atoms with Crippen LogP contribution in [-0.4, -0.2) is 0 Å². The molecule has 1 atom stereocenters. The minimum Gasteiger partial charge on any atom is -0.0991 e. The molecule has 0 saturated carbocycles. The quantitative estimate of drug-likeness (QED) is 0.628. The third-order valence-corrected chi connectivity index (χ3v) is 2.62. The normalized spacial score (nSPS) is 14.0. The third kappa shape index (κ3) is 3.90. The molecular weight excluding hydrogens is 192 g/mol. The zero-order valence-electron chi connectivity index (χ0n) is 10.2. The van der Waals surface area contributed by atoms with Gasteiger partial charge in [0.2, 0.25) is 0 Å². The van der Waals surface area contributed by atoms with Crippen molar-refractivity contribution in [2.45, 2.75) is 20.3 Å². The van der Waals surface area contributed by atoms with Crippen molar-refractivity contribution in [3.8, 4) is 0 Å². The Hall–Kier alpha value is -1.56. The standard InChI is InChI=1S/C16H20/c1-4-9-16(10-5-2)14(3)13-15-11-7-6-8-12-15/h4-12,14H,1,13H2,2-3H3/b10-5-,16-9+. The van der Waals surface area contributed by atoms with Crippen LogP contribution in [0, 0.1) is 5.92 Å². The van der Waals surface area contributed by atoms with E-state index in [1.165, 1.54) is 11.1 Å². The van der Waals surface area contributed by atoms with Crippen molar-refractivity contribution < 1.29 is 0 Å². The summed E-state index contributed by atoms with van der Waals surface area (Å²) in [4.78, 5) is 0. The molecule has 84 valence electrons. The van der Waals surface area contributed by atoms with Gasteiger partial charge in [0.05, 0.1) is 0 Å². The van der Waals surface area contributed by atoms with Crippen LogP contribution in [0.25, 0.3) is 0 Å². The van der Waals surface area contributed by atoms with Crippen molar-refractivity contribution in [2.24, 2.45) is 5.92 Å². The summed E-state index contributed by atoms with van der Waals surface area (Å²) >= 11 is 0. The predicted octanol–water partition coefficient (Wildman–Crippen LogP) is 4.55. The molecule has 1 aromatic carbocycles. The van der Waals surface area contributed by atoms with Gasteiger partial charge in [-0.2, -0.15) is 0 Å². The highest BCUT2D eigenvalue weighted by Crippen LogP contribution is 2.18. The summed E-state index contributed by atoms with van der Waals surface area (Å²) in [5.41, 5.74) is 2.72. The van der Waals surface area contributed by atoms with Gasteiger partial charge in [0.1, 0.15) is 0 Å². The van der Waals surface area contributed by atoms with Crippen molar-refractivity contribution in [3.63, 3.8) is 0 Å². The largest absolute Gasteiger partial charge is 0.0991 e. The van der Waals surface area contributed by atoms with Gasteiger partial charge in [-0.05, 0) is 30.4 Å². The molecule has 0 aliphatic carbocycles. The molecule has 1 rings (SSSR count). The van der Waals surface area contributed by atoms with E-state index in [1.54, 1.807) is 0 Å². The maximum atomic E-state index is 3.76. The van der Waals surface area contributed by atoms with Gasteiger partial charge in [-0.25, -0.2) is 0 Å². The van der Waals surface area contributed by atoms with E-state index >= 15 is 0 Å². The minimum absolute atomic E-state index is 0.525. The molecule has 0 saturated heterocycles. The fourth-order valence-electron chi connectivity index (χ4n) is 1.80.